The third-order valence-corrected chi connectivity index (χ3v) is 4.64. The summed E-state index contributed by atoms with van der Waals surface area (Å²) in [6, 6.07) is 3.50. The fourth-order valence-electron chi connectivity index (χ4n) is 3.14. The second-order valence-electron chi connectivity index (χ2n) is 6.42. The van der Waals surface area contributed by atoms with Gasteiger partial charge in [0, 0.05) is 30.5 Å². The Bertz CT molecular complexity index is 1090. The highest BCUT2D eigenvalue weighted by molar-refractivity contribution is 5.98. The number of rotatable bonds is 5. The number of carbonyl (C=O) groups is 2. The number of pyridine rings is 1. The average molecular weight is 381 g/mol. The van der Waals surface area contributed by atoms with Gasteiger partial charge in [0.1, 0.15) is 0 Å². The van der Waals surface area contributed by atoms with Gasteiger partial charge in [-0.25, -0.2) is 9.97 Å². The molecule has 0 spiro atoms. The molecule has 0 fully saturated rings. The lowest BCUT2D eigenvalue weighted by Crippen LogP contribution is -2.26. The molecule has 0 aliphatic carbocycles. The van der Waals surface area contributed by atoms with Crippen LogP contribution in [0.25, 0.3) is 5.78 Å². The molecule has 10 heteroatoms. The van der Waals surface area contributed by atoms with Crippen molar-refractivity contribution in [1.29, 1.82) is 0 Å². The van der Waals surface area contributed by atoms with Gasteiger partial charge >= 0.3 is 0 Å². The average Bonchev–Trinajstić information content (AvgIpc) is 3.25. The van der Waals surface area contributed by atoms with Crippen LogP contribution in [0.15, 0.2) is 18.3 Å². The molecule has 0 saturated carbocycles. The van der Waals surface area contributed by atoms with E-state index >= 15 is 0 Å². The second kappa shape index (κ2) is 6.87. The lowest BCUT2D eigenvalue weighted by molar-refractivity contribution is 0.0786. The Balaban J connectivity index is 1.57. The number of hydrogen-bond donors (Lipinski definition) is 1. The molecule has 0 radical (unpaired) electrons. The first kappa shape index (κ1) is 17.8. The van der Waals surface area contributed by atoms with Crippen LogP contribution in [-0.2, 0) is 13.1 Å². The van der Waals surface area contributed by atoms with Crippen molar-refractivity contribution in [3.63, 3.8) is 0 Å². The molecule has 0 aromatic carbocycles. The van der Waals surface area contributed by atoms with E-state index in [1.54, 1.807) is 23.2 Å². The Hall–Kier alpha value is -3.56. The van der Waals surface area contributed by atoms with Crippen molar-refractivity contribution in [3.8, 4) is 5.88 Å². The molecule has 4 heterocycles. The van der Waals surface area contributed by atoms with E-state index < -0.39 is 5.91 Å². The summed E-state index contributed by atoms with van der Waals surface area (Å²) in [5.74, 6) is 0.386. The lowest BCUT2D eigenvalue weighted by Gasteiger charge is -2.10. The molecular formula is C18H19N7O3. The monoisotopic (exact) mass is 381 g/mol. The molecule has 4 rings (SSSR count). The van der Waals surface area contributed by atoms with Crippen LogP contribution in [0.4, 0.5) is 0 Å². The summed E-state index contributed by atoms with van der Waals surface area (Å²) in [5, 5.41) is 10.6. The van der Waals surface area contributed by atoms with E-state index in [-0.39, 0.29) is 18.3 Å². The van der Waals surface area contributed by atoms with Gasteiger partial charge in [-0.15, -0.1) is 10.2 Å². The predicted octanol–water partition coefficient (Wildman–Crippen LogP) is 0.742. The molecular weight excluding hydrogens is 362 g/mol. The van der Waals surface area contributed by atoms with Crippen LogP contribution in [0.1, 0.15) is 44.9 Å². The number of fused-ring (bicyclic) bond motifs is 2. The van der Waals surface area contributed by atoms with E-state index in [9.17, 15) is 9.59 Å². The van der Waals surface area contributed by atoms with Gasteiger partial charge in [-0.1, -0.05) is 0 Å². The zero-order chi connectivity index (χ0) is 19.8. The lowest BCUT2D eigenvalue weighted by atomic mass is 10.1. The quantitative estimate of drug-likeness (QED) is 0.693. The minimum atomic E-state index is -0.415. The number of aromatic nitrogens is 5. The molecule has 0 unspecified atom stereocenters. The van der Waals surface area contributed by atoms with E-state index in [2.05, 4.69) is 25.5 Å². The number of nitrogens with zero attached hydrogens (tertiary/aromatic N) is 6. The molecule has 0 bridgehead atoms. The second-order valence-corrected chi connectivity index (χ2v) is 6.42. The van der Waals surface area contributed by atoms with Crippen LogP contribution in [0.2, 0.25) is 0 Å². The number of hydrogen-bond acceptors (Lipinski definition) is 7. The maximum absolute atomic E-state index is 12.6. The molecule has 3 aromatic rings. The molecule has 3 aromatic heterocycles. The topological polar surface area (TPSA) is 115 Å². The minimum Gasteiger partial charge on any atom is -0.481 e. The Labute approximate surface area is 160 Å². The minimum absolute atomic E-state index is 0.0647. The summed E-state index contributed by atoms with van der Waals surface area (Å²) in [6.07, 6.45) is 1.70. The van der Waals surface area contributed by atoms with E-state index in [0.717, 1.165) is 5.69 Å². The van der Waals surface area contributed by atoms with Crippen molar-refractivity contribution in [2.45, 2.75) is 26.9 Å². The van der Waals surface area contributed by atoms with Gasteiger partial charge in [-0.05, 0) is 26.0 Å². The molecule has 28 heavy (non-hydrogen) atoms. The molecule has 1 aliphatic heterocycles. The van der Waals surface area contributed by atoms with Crippen LogP contribution in [0.3, 0.4) is 0 Å². The van der Waals surface area contributed by atoms with Gasteiger partial charge in [-0.3, -0.25) is 14.0 Å². The van der Waals surface area contributed by atoms with Crippen molar-refractivity contribution in [1.82, 2.24) is 34.8 Å². The number of amides is 2. The Morgan fingerprint density at radius 1 is 1.32 bits per heavy atom. The summed E-state index contributed by atoms with van der Waals surface area (Å²) in [7, 11) is 1.51. The smallest absolute Gasteiger partial charge is 0.289 e. The Morgan fingerprint density at radius 2 is 2.14 bits per heavy atom. The first-order valence-corrected chi connectivity index (χ1v) is 8.84. The zero-order valence-corrected chi connectivity index (χ0v) is 15.8. The van der Waals surface area contributed by atoms with Gasteiger partial charge < -0.3 is 15.0 Å². The predicted molar refractivity (Wildman–Crippen MR) is 97.9 cm³/mol. The van der Waals surface area contributed by atoms with E-state index in [0.29, 0.717) is 41.6 Å². The molecule has 144 valence electrons. The normalized spacial score (nSPS) is 13.1. The van der Waals surface area contributed by atoms with E-state index in [1.165, 1.54) is 11.5 Å². The van der Waals surface area contributed by atoms with Crippen LogP contribution < -0.4 is 10.1 Å². The van der Waals surface area contributed by atoms with Crippen LogP contribution >= 0.6 is 0 Å². The Morgan fingerprint density at radius 3 is 2.89 bits per heavy atom. The molecule has 0 saturated heterocycles. The maximum Gasteiger partial charge on any atom is 0.289 e. The van der Waals surface area contributed by atoms with Crippen molar-refractivity contribution >= 4 is 17.6 Å². The highest BCUT2D eigenvalue weighted by Crippen LogP contribution is 2.26. The number of nitrogens with one attached hydrogen (secondary N) is 1. The van der Waals surface area contributed by atoms with Crippen LogP contribution in [0.5, 0.6) is 5.88 Å². The summed E-state index contributed by atoms with van der Waals surface area (Å²) in [5.41, 5.74) is 2.62. The van der Waals surface area contributed by atoms with Gasteiger partial charge in [0.15, 0.2) is 0 Å². The van der Waals surface area contributed by atoms with Gasteiger partial charge in [0.05, 0.1) is 24.9 Å². The van der Waals surface area contributed by atoms with Crippen molar-refractivity contribution < 1.29 is 14.3 Å². The molecule has 1 N–H and O–H groups in total. The maximum atomic E-state index is 12.6. The number of aryl methyl sites for hydroxylation is 1. The summed E-state index contributed by atoms with van der Waals surface area (Å²) in [4.78, 5) is 35.4. The van der Waals surface area contributed by atoms with Crippen LogP contribution in [-0.4, -0.2) is 54.9 Å². The largest absolute Gasteiger partial charge is 0.481 e. The SMILES string of the molecule is CCN1Cc2nc(OC)c(CNC(=O)c3nnc4nc(C)ccn34)cc2C1=O. The molecule has 2 amide bonds. The standard InChI is InChI=1S/C18H19N7O3/c1-4-24-9-13-12(17(24)27)7-11(16(21-13)28-3)8-19-15(26)14-22-23-18-20-10(2)5-6-25(14)18/h5-7H,4,8-9H2,1-3H3,(H,19,26). The highest BCUT2D eigenvalue weighted by Gasteiger charge is 2.29. The zero-order valence-electron chi connectivity index (χ0n) is 15.8. The van der Waals surface area contributed by atoms with Gasteiger partial charge in [0.2, 0.25) is 11.7 Å². The third-order valence-electron chi connectivity index (χ3n) is 4.64. The summed E-state index contributed by atoms with van der Waals surface area (Å²) < 4.78 is 6.86. The fraction of sp³-hybridized carbons (Fsp3) is 0.333. The first-order chi connectivity index (χ1) is 13.5. The van der Waals surface area contributed by atoms with Crippen molar-refractivity contribution in [3.05, 3.63) is 46.7 Å². The Kier molecular flexibility index (Phi) is 4.38. The van der Waals surface area contributed by atoms with Crippen molar-refractivity contribution in [2.75, 3.05) is 13.7 Å². The molecule has 1 aliphatic rings. The van der Waals surface area contributed by atoms with E-state index in [1.807, 2.05) is 13.8 Å². The highest BCUT2D eigenvalue weighted by atomic mass is 16.5. The van der Waals surface area contributed by atoms with E-state index in [4.69, 9.17) is 4.74 Å². The van der Waals surface area contributed by atoms with Crippen LogP contribution in [0, 0.1) is 6.92 Å². The summed E-state index contributed by atoms with van der Waals surface area (Å²) in [6.45, 7) is 4.96. The number of methoxy groups -OCH3 is 1. The van der Waals surface area contributed by atoms with Gasteiger partial charge in [0.25, 0.3) is 17.6 Å². The molecule has 0 atom stereocenters. The number of ether oxygens (including phenoxy) is 1. The number of carbonyl (C=O) groups excluding carboxylic acids is 2. The molecule has 10 nitrogen and oxygen atoms in total. The fourth-order valence-corrected chi connectivity index (χ4v) is 3.14. The van der Waals surface area contributed by atoms with Gasteiger partial charge in [-0.2, -0.15) is 0 Å². The first-order valence-electron chi connectivity index (χ1n) is 8.84. The summed E-state index contributed by atoms with van der Waals surface area (Å²) >= 11 is 0. The third kappa shape index (κ3) is 2.92. The van der Waals surface area contributed by atoms with Crippen molar-refractivity contribution in [2.24, 2.45) is 0 Å².